The smallest absolute Gasteiger partial charge is 0.419 e. The summed E-state index contributed by atoms with van der Waals surface area (Å²) in [5.41, 5.74) is -1.80. The average molecular weight is 655 g/mol. The Morgan fingerprint density at radius 1 is 1.13 bits per heavy atom. The van der Waals surface area contributed by atoms with E-state index in [9.17, 15) is 52.4 Å². The Hall–Kier alpha value is -3.41. The van der Waals surface area contributed by atoms with E-state index < -0.39 is 104 Å². The molecule has 2 amide bonds. The predicted molar refractivity (Wildman–Crippen MR) is 141 cm³/mol. The van der Waals surface area contributed by atoms with Gasteiger partial charge in [-0.25, -0.2) is 9.18 Å². The van der Waals surface area contributed by atoms with Gasteiger partial charge < -0.3 is 55.1 Å². The minimum Gasteiger partial charge on any atom is -0.477 e. The molecule has 252 valence electrons. The summed E-state index contributed by atoms with van der Waals surface area (Å²) in [5, 5.41) is 55.6. The van der Waals surface area contributed by atoms with Crippen molar-refractivity contribution in [2.45, 2.75) is 55.3 Å². The first-order valence-electron chi connectivity index (χ1n) is 13.4. The van der Waals surface area contributed by atoms with Gasteiger partial charge in [0.1, 0.15) is 31.2 Å². The molecule has 0 spiro atoms. The molecule has 1 saturated heterocycles. The molecule has 0 unspecified atom stereocenters. The Morgan fingerprint density at radius 3 is 2.42 bits per heavy atom. The molecule has 1 aliphatic heterocycles. The highest BCUT2D eigenvalue weighted by molar-refractivity contribution is 5.79. The third-order valence-electron chi connectivity index (χ3n) is 6.43. The number of alkyl halides is 3. The number of carboxylic acids is 1. The number of amides is 2. The molecule has 2 rings (SSSR count). The highest BCUT2D eigenvalue weighted by atomic mass is 19.4. The van der Waals surface area contributed by atoms with E-state index in [1.54, 1.807) is 0 Å². The molecule has 14 nitrogen and oxygen atoms in total. The van der Waals surface area contributed by atoms with Gasteiger partial charge in [-0.1, -0.05) is 12.0 Å². The highest BCUT2D eigenvalue weighted by Crippen LogP contribution is 2.34. The van der Waals surface area contributed by atoms with E-state index in [2.05, 4.69) is 16.6 Å². The lowest BCUT2D eigenvalue weighted by Gasteiger charge is -2.46. The van der Waals surface area contributed by atoms with Crippen LogP contribution in [0, 0.1) is 18.2 Å². The van der Waals surface area contributed by atoms with Crippen molar-refractivity contribution in [3.63, 3.8) is 0 Å². The number of rotatable bonds is 17. The van der Waals surface area contributed by atoms with Crippen LogP contribution in [0.15, 0.2) is 18.2 Å². The summed E-state index contributed by atoms with van der Waals surface area (Å²) < 4.78 is 73.6. The SMILES string of the molecule is C#CCOCCOCCO[C@]1(C(=O)O)C[C@H](O)[C@@H](NC(=O)CO)[C@H]([C@H](O)[C@H](O)CNC(=O)Cc2ccc(F)c(C(F)(F)F)c2)O1. The van der Waals surface area contributed by atoms with Gasteiger partial charge in [0, 0.05) is 13.0 Å². The molecule has 0 bridgehead atoms. The molecule has 6 atom stereocenters. The Kier molecular flexibility index (Phi) is 14.5. The molecular formula is C27H34F4N2O12. The fourth-order valence-electron chi connectivity index (χ4n) is 4.27. The molecule has 45 heavy (non-hydrogen) atoms. The fourth-order valence-corrected chi connectivity index (χ4v) is 4.27. The number of carbonyl (C=O) groups is 3. The maximum absolute atomic E-state index is 13.5. The summed E-state index contributed by atoms with van der Waals surface area (Å²) in [6, 6.07) is 0.334. The molecular weight excluding hydrogens is 620 g/mol. The summed E-state index contributed by atoms with van der Waals surface area (Å²) in [7, 11) is 0. The van der Waals surface area contributed by atoms with Gasteiger partial charge in [0.2, 0.25) is 11.8 Å². The molecule has 0 aromatic heterocycles. The van der Waals surface area contributed by atoms with Crippen molar-refractivity contribution in [2.24, 2.45) is 0 Å². The van der Waals surface area contributed by atoms with Crippen LogP contribution >= 0.6 is 0 Å². The van der Waals surface area contributed by atoms with Crippen molar-refractivity contribution in [3.05, 3.63) is 35.1 Å². The van der Waals surface area contributed by atoms with Gasteiger partial charge in [0.15, 0.2) is 0 Å². The van der Waals surface area contributed by atoms with Crippen molar-refractivity contribution in [3.8, 4) is 12.3 Å². The zero-order valence-corrected chi connectivity index (χ0v) is 23.7. The van der Waals surface area contributed by atoms with Crippen molar-refractivity contribution in [1.29, 1.82) is 0 Å². The van der Waals surface area contributed by atoms with Crippen molar-refractivity contribution >= 4 is 17.8 Å². The number of ether oxygens (including phenoxy) is 4. The Bertz CT molecular complexity index is 1200. The van der Waals surface area contributed by atoms with Crippen LogP contribution in [0.4, 0.5) is 17.6 Å². The summed E-state index contributed by atoms with van der Waals surface area (Å²) in [6.07, 6.45) is -9.18. The quantitative estimate of drug-likeness (QED) is 0.0570. The van der Waals surface area contributed by atoms with E-state index in [4.69, 9.17) is 30.5 Å². The second-order valence-corrected chi connectivity index (χ2v) is 9.73. The first-order valence-corrected chi connectivity index (χ1v) is 13.4. The van der Waals surface area contributed by atoms with E-state index in [1.807, 2.05) is 0 Å². The van der Waals surface area contributed by atoms with Crippen LogP contribution in [0.2, 0.25) is 0 Å². The number of terminal acetylenes is 1. The van der Waals surface area contributed by atoms with Crippen LogP contribution in [0.3, 0.4) is 0 Å². The highest BCUT2D eigenvalue weighted by Gasteiger charge is 2.55. The second-order valence-electron chi connectivity index (χ2n) is 9.73. The second kappa shape index (κ2) is 17.3. The summed E-state index contributed by atoms with van der Waals surface area (Å²) in [4.78, 5) is 36.4. The number of hydrogen-bond donors (Lipinski definition) is 7. The van der Waals surface area contributed by atoms with Crippen LogP contribution < -0.4 is 10.6 Å². The van der Waals surface area contributed by atoms with Gasteiger partial charge in [-0.05, 0) is 17.7 Å². The molecule has 1 aromatic rings. The number of aliphatic carboxylic acids is 1. The van der Waals surface area contributed by atoms with E-state index in [0.29, 0.717) is 12.1 Å². The van der Waals surface area contributed by atoms with Crippen LogP contribution in [0.5, 0.6) is 0 Å². The van der Waals surface area contributed by atoms with E-state index >= 15 is 0 Å². The number of benzene rings is 1. The van der Waals surface area contributed by atoms with Gasteiger partial charge >= 0.3 is 12.1 Å². The number of halogens is 4. The summed E-state index contributed by atoms with van der Waals surface area (Å²) in [6.45, 7) is -2.13. The minimum atomic E-state index is -5.01. The third-order valence-corrected chi connectivity index (χ3v) is 6.43. The lowest BCUT2D eigenvalue weighted by molar-refractivity contribution is -0.312. The molecule has 7 N–H and O–H groups in total. The Morgan fingerprint density at radius 2 is 1.80 bits per heavy atom. The van der Waals surface area contributed by atoms with Gasteiger partial charge in [-0.15, -0.1) is 6.42 Å². The lowest BCUT2D eigenvalue weighted by Crippen LogP contribution is -2.68. The van der Waals surface area contributed by atoms with E-state index in [-0.39, 0.29) is 32.0 Å². The lowest BCUT2D eigenvalue weighted by atomic mass is 9.88. The molecule has 1 fully saturated rings. The van der Waals surface area contributed by atoms with Crippen molar-refractivity contribution in [2.75, 3.05) is 46.2 Å². The van der Waals surface area contributed by atoms with Crippen LogP contribution in [-0.4, -0.2) is 126 Å². The third kappa shape index (κ3) is 11.2. The molecule has 1 heterocycles. The molecule has 18 heteroatoms. The summed E-state index contributed by atoms with van der Waals surface area (Å²) >= 11 is 0. The van der Waals surface area contributed by atoms with E-state index in [1.165, 1.54) is 0 Å². The molecule has 1 aromatic carbocycles. The first kappa shape index (κ1) is 37.8. The van der Waals surface area contributed by atoms with Crippen molar-refractivity contribution in [1.82, 2.24) is 10.6 Å². The van der Waals surface area contributed by atoms with Crippen LogP contribution in [-0.2, 0) is 45.9 Å². The molecule has 1 aliphatic rings. The van der Waals surface area contributed by atoms with Crippen molar-refractivity contribution < 1.29 is 76.4 Å². The van der Waals surface area contributed by atoms with Gasteiger partial charge in [-0.3, -0.25) is 9.59 Å². The maximum Gasteiger partial charge on any atom is 0.419 e. The van der Waals surface area contributed by atoms with Gasteiger partial charge in [-0.2, -0.15) is 13.2 Å². The normalized spacial score (nSPS) is 23.0. The van der Waals surface area contributed by atoms with Gasteiger partial charge in [0.25, 0.3) is 5.79 Å². The topological polar surface area (TPSA) is 213 Å². The zero-order chi connectivity index (χ0) is 33.8. The standard InChI is InChI=1S/C27H34F4N2O12/c1-2-5-42-6-7-43-8-9-44-26(25(40)41)12-18(35)22(33-21(38)14-34)24(45-26)23(39)19(36)13-32-20(37)11-15-3-4-17(28)16(10-15)27(29,30)31/h1,3-4,10,18-19,22-24,34-36,39H,5-9,11-14H2,(H,32,37)(H,33,38)(H,40,41)/t18-,19+,22+,23+,24+,26+/m0/s1. The zero-order valence-electron chi connectivity index (χ0n) is 23.7. The predicted octanol–water partition coefficient (Wildman–Crippen LogP) is -1.68. The number of aliphatic hydroxyl groups excluding tert-OH is 4. The minimum absolute atomic E-state index is 0.0536. The molecule has 0 aliphatic carbocycles. The average Bonchev–Trinajstić information content (AvgIpc) is 2.98. The van der Waals surface area contributed by atoms with Crippen LogP contribution in [0.1, 0.15) is 17.5 Å². The first-order chi connectivity index (χ1) is 21.1. The number of aliphatic hydroxyl groups is 4. The molecule has 0 saturated carbocycles. The summed E-state index contributed by atoms with van der Waals surface area (Å²) in [5.74, 6) is -5.64. The Labute approximate surface area is 254 Å². The number of hydrogen-bond acceptors (Lipinski definition) is 11. The maximum atomic E-state index is 13.5. The number of carbonyl (C=O) groups excluding carboxylic acids is 2. The largest absolute Gasteiger partial charge is 0.477 e. The molecule has 0 radical (unpaired) electrons. The fraction of sp³-hybridized carbons (Fsp3) is 0.593. The monoisotopic (exact) mass is 654 g/mol. The van der Waals surface area contributed by atoms with E-state index in [0.717, 1.165) is 6.07 Å². The number of nitrogens with one attached hydrogen (secondary N) is 2. The van der Waals surface area contributed by atoms with Crippen LogP contribution in [0.25, 0.3) is 0 Å². The number of carboxylic acid groups (broad SMARTS) is 1. The Balaban J connectivity index is 2.11. The van der Waals surface area contributed by atoms with Gasteiger partial charge in [0.05, 0.1) is 56.7 Å².